The Morgan fingerprint density at radius 1 is 1.21 bits per heavy atom. The van der Waals surface area contributed by atoms with Gasteiger partial charge in [-0.05, 0) is 43.9 Å². The second-order valence-corrected chi connectivity index (χ2v) is 6.48. The van der Waals surface area contributed by atoms with Gasteiger partial charge < -0.3 is 15.4 Å². The van der Waals surface area contributed by atoms with Crippen molar-refractivity contribution in [3.63, 3.8) is 0 Å². The lowest BCUT2D eigenvalue weighted by atomic mass is 10.2. The van der Waals surface area contributed by atoms with Crippen LogP contribution in [0.3, 0.4) is 0 Å². The van der Waals surface area contributed by atoms with E-state index >= 15 is 0 Å². The monoisotopic (exact) mass is 346 g/mol. The minimum Gasteiger partial charge on any atom is -0.497 e. The van der Waals surface area contributed by atoms with Crippen LogP contribution in [0.15, 0.2) is 34.6 Å². The maximum Gasteiger partial charge on any atom is 0.191 e. The minimum absolute atomic E-state index is 0.738. The number of ether oxygens (including phenoxy) is 1. The smallest absolute Gasteiger partial charge is 0.191 e. The van der Waals surface area contributed by atoms with Gasteiger partial charge in [-0.25, -0.2) is 4.98 Å². The summed E-state index contributed by atoms with van der Waals surface area (Å²) < 4.78 is 5.17. The van der Waals surface area contributed by atoms with Crippen molar-refractivity contribution in [3.05, 3.63) is 45.9 Å². The van der Waals surface area contributed by atoms with Crippen LogP contribution < -0.4 is 15.4 Å². The number of nitrogens with one attached hydrogen (secondary N) is 2. The number of rotatable bonds is 8. The number of aryl methyl sites for hydroxylation is 2. The number of aromatic nitrogens is 1. The van der Waals surface area contributed by atoms with Gasteiger partial charge in [0.15, 0.2) is 5.96 Å². The molecule has 0 radical (unpaired) electrons. The van der Waals surface area contributed by atoms with Gasteiger partial charge in [0, 0.05) is 31.2 Å². The molecule has 0 saturated heterocycles. The molecule has 2 N–H and O–H groups in total. The summed E-state index contributed by atoms with van der Waals surface area (Å²) in [6, 6.07) is 8.03. The number of hydrogen-bond acceptors (Lipinski definition) is 4. The fourth-order valence-corrected chi connectivity index (χ4v) is 3.09. The number of guanidine groups is 1. The molecule has 0 spiro atoms. The van der Waals surface area contributed by atoms with Gasteiger partial charge in [-0.2, -0.15) is 0 Å². The summed E-state index contributed by atoms with van der Waals surface area (Å²) in [6.07, 6.45) is 3.29. The Hall–Kier alpha value is -2.08. The Bertz CT molecular complexity index is 637. The molecular formula is C18H26N4OS. The largest absolute Gasteiger partial charge is 0.497 e. The third kappa shape index (κ3) is 6.20. The zero-order chi connectivity index (χ0) is 17.2. The van der Waals surface area contributed by atoms with Crippen LogP contribution >= 0.6 is 11.3 Å². The molecule has 0 aliphatic heterocycles. The first-order chi connectivity index (χ1) is 11.7. The fraction of sp³-hybridized carbons (Fsp3) is 0.444. The van der Waals surface area contributed by atoms with Crippen LogP contribution in [0, 0.1) is 6.92 Å². The van der Waals surface area contributed by atoms with Gasteiger partial charge in [0.25, 0.3) is 0 Å². The fourth-order valence-electron chi connectivity index (χ4n) is 2.28. The quantitative estimate of drug-likeness (QED) is 0.438. The van der Waals surface area contributed by atoms with E-state index in [0.29, 0.717) is 0 Å². The topological polar surface area (TPSA) is 58.5 Å². The van der Waals surface area contributed by atoms with Crippen LogP contribution in [-0.4, -0.2) is 31.6 Å². The summed E-state index contributed by atoms with van der Waals surface area (Å²) in [5.74, 6) is 1.70. The maximum absolute atomic E-state index is 5.17. The highest BCUT2D eigenvalue weighted by Gasteiger charge is 2.01. The highest BCUT2D eigenvalue weighted by Crippen LogP contribution is 2.12. The molecule has 5 nitrogen and oxygen atoms in total. The Morgan fingerprint density at radius 3 is 2.62 bits per heavy atom. The molecule has 0 aliphatic rings. The lowest BCUT2D eigenvalue weighted by Gasteiger charge is -2.12. The summed E-state index contributed by atoms with van der Waals surface area (Å²) in [5, 5.41) is 10.0. The van der Waals surface area contributed by atoms with Crippen molar-refractivity contribution in [2.45, 2.75) is 32.7 Å². The van der Waals surface area contributed by atoms with E-state index in [4.69, 9.17) is 4.74 Å². The van der Waals surface area contributed by atoms with Crippen LogP contribution in [-0.2, 0) is 13.0 Å². The second kappa shape index (κ2) is 9.93. The van der Waals surface area contributed by atoms with Gasteiger partial charge in [0.1, 0.15) is 5.75 Å². The molecule has 130 valence electrons. The van der Waals surface area contributed by atoms with E-state index in [-0.39, 0.29) is 0 Å². The van der Waals surface area contributed by atoms with E-state index in [1.807, 2.05) is 19.1 Å². The lowest BCUT2D eigenvalue weighted by Crippen LogP contribution is -2.37. The van der Waals surface area contributed by atoms with Gasteiger partial charge in [-0.3, -0.25) is 4.99 Å². The molecule has 1 heterocycles. The number of unbranched alkanes of at least 4 members (excludes halogenated alkanes) is 1. The SMILES string of the molecule is CN=C(NCCCCc1nc(C)cs1)NCc1ccc(OC)cc1. The van der Waals surface area contributed by atoms with Crippen molar-refractivity contribution in [1.29, 1.82) is 0 Å². The Morgan fingerprint density at radius 2 is 2.00 bits per heavy atom. The molecule has 1 aromatic carbocycles. The molecule has 0 atom stereocenters. The lowest BCUT2D eigenvalue weighted by molar-refractivity contribution is 0.414. The summed E-state index contributed by atoms with van der Waals surface area (Å²) >= 11 is 1.75. The molecule has 0 bridgehead atoms. The van der Waals surface area contributed by atoms with E-state index in [0.717, 1.165) is 49.8 Å². The van der Waals surface area contributed by atoms with Crippen molar-refractivity contribution < 1.29 is 4.74 Å². The van der Waals surface area contributed by atoms with Gasteiger partial charge in [-0.1, -0.05) is 12.1 Å². The third-order valence-electron chi connectivity index (χ3n) is 3.62. The highest BCUT2D eigenvalue weighted by molar-refractivity contribution is 7.09. The van der Waals surface area contributed by atoms with Crippen molar-refractivity contribution in [3.8, 4) is 5.75 Å². The Labute approximate surface area is 148 Å². The zero-order valence-electron chi connectivity index (χ0n) is 14.6. The van der Waals surface area contributed by atoms with Gasteiger partial charge >= 0.3 is 0 Å². The van der Waals surface area contributed by atoms with Crippen LogP contribution in [0.1, 0.15) is 29.1 Å². The zero-order valence-corrected chi connectivity index (χ0v) is 15.4. The molecule has 0 unspecified atom stereocenters. The van der Waals surface area contributed by atoms with Crippen molar-refractivity contribution >= 4 is 17.3 Å². The van der Waals surface area contributed by atoms with E-state index < -0.39 is 0 Å². The molecule has 1 aromatic heterocycles. The van der Waals surface area contributed by atoms with E-state index in [2.05, 4.69) is 38.1 Å². The van der Waals surface area contributed by atoms with E-state index in [1.54, 1.807) is 25.5 Å². The normalized spacial score (nSPS) is 11.4. The number of hydrogen-bond donors (Lipinski definition) is 2. The molecule has 0 amide bonds. The summed E-state index contributed by atoms with van der Waals surface area (Å²) in [5.41, 5.74) is 2.31. The van der Waals surface area contributed by atoms with Crippen LogP contribution in [0.5, 0.6) is 5.75 Å². The molecule has 2 aromatic rings. The van der Waals surface area contributed by atoms with Crippen LogP contribution in [0.4, 0.5) is 0 Å². The summed E-state index contributed by atoms with van der Waals surface area (Å²) in [6.45, 7) is 3.69. The third-order valence-corrected chi connectivity index (χ3v) is 4.65. The molecule has 0 fully saturated rings. The number of nitrogens with zero attached hydrogens (tertiary/aromatic N) is 2. The van der Waals surface area contributed by atoms with Gasteiger partial charge in [0.2, 0.25) is 0 Å². The number of methoxy groups -OCH3 is 1. The molecule has 0 aliphatic carbocycles. The Kier molecular flexibility index (Phi) is 7.55. The number of aliphatic imine (C=N–C) groups is 1. The molecule has 0 saturated carbocycles. The van der Waals surface area contributed by atoms with E-state index in [9.17, 15) is 0 Å². The first kappa shape index (κ1) is 18.3. The van der Waals surface area contributed by atoms with Crippen molar-refractivity contribution in [1.82, 2.24) is 15.6 Å². The average molecular weight is 347 g/mol. The standard InChI is InChI=1S/C18H26N4OS/c1-14-13-24-17(22-14)6-4-5-11-20-18(19-2)21-12-15-7-9-16(23-3)10-8-15/h7-10,13H,4-6,11-12H2,1-3H3,(H2,19,20,21). The summed E-state index contributed by atoms with van der Waals surface area (Å²) in [4.78, 5) is 8.74. The molecule has 6 heteroatoms. The predicted molar refractivity (Wildman–Crippen MR) is 101 cm³/mol. The number of thiazole rings is 1. The van der Waals surface area contributed by atoms with Gasteiger partial charge in [0.05, 0.1) is 12.1 Å². The predicted octanol–water partition coefficient (Wildman–Crippen LogP) is 3.15. The van der Waals surface area contributed by atoms with Crippen molar-refractivity contribution in [2.75, 3.05) is 20.7 Å². The molecular weight excluding hydrogens is 320 g/mol. The second-order valence-electron chi connectivity index (χ2n) is 5.54. The van der Waals surface area contributed by atoms with Gasteiger partial charge in [-0.15, -0.1) is 11.3 Å². The minimum atomic E-state index is 0.738. The maximum atomic E-state index is 5.17. The average Bonchev–Trinajstić information content (AvgIpc) is 3.03. The Balaban J connectivity index is 1.63. The molecule has 2 rings (SSSR count). The highest BCUT2D eigenvalue weighted by atomic mass is 32.1. The first-order valence-electron chi connectivity index (χ1n) is 8.19. The van der Waals surface area contributed by atoms with Crippen LogP contribution in [0.25, 0.3) is 0 Å². The van der Waals surface area contributed by atoms with E-state index in [1.165, 1.54) is 10.6 Å². The molecule has 24 heavy (non-hydrogen) atoms. The number of benzene rings is 1. The van der Waals surface area contributed by atoms with Crippen LogP contribution in [0.2, 0.25) is 0 Å². The first-order valence-corrected chi connectivity index (χ1v) is 9.07. The van der Waals surface area contributed by atoms with Crippen molar-refractivity contribution in [2.24, 2.45) is 4.99 Å². The summed E-state index contributed by atoms with van der Waals surface area (Å²) in [7, 11) is 3.47.